The summed E-state index contributed by atoms with van der Waals surface area (Å²) >= 11 is 7.26. The van der Waals surface area contributed by atoms with E-state index in [9.17, 15) is 0 Å². The fraction of sp³-hybridized carbons (Fsp3) is 0.286. The Morgan fingerprint density at radius 3 is 2.93 bits per heavy atom. The quantitative estimate of drug-likeness (QED) is 0.356. The molecule has 0 amide bonds. The number of rotatable bonds is 8. The molecule has 0 fully saturated rings. The Morgan fingerprint density at radius 1 is 1.37 bits per heavy atom. The van der Waals surface area contributed by atoms with Crippen molar-refractivity contribution < 1.29 is 0 Å². The van der Waals surface area contributed by atoms with Gasteiger partial charge in [-0.1, -0.05) is 36.9 Å². The molecule has 0 aliphatic rings. The first kappa shape index (κ1) is 21.1. The molecule has 0 radical (unpaired) electrons. The summed E-state index contributed by atoms with van der Waals surface area (Å²) in [6.07, 6.45) is 14.8. The molecule has 2 aromatic heterocycles. The minimum Gasteiger partial charge on any atom is -0.346 e. The second-order valence-electron chi connectivity index (χ2n) is 6.12. The molecule has 2 heterocycles. The Balaban J connectivity index is 2.00. The number of hydrogen-bond acceptors (Lipinski definition) is 4. The molecule has 0 aliphatic carbocycles. The number of fused-ring (bicyclic) bond motifs is 1. The van der Waals surface area contributed by atoms with Crippen LogP contribution in [0, 0.1) is 0 Å². The van der Waals surface area contributed by atoms with Crippen LogP contribution in [0.5, 0.6) is 0 Å². The summed E-state index contributed by atoms with van der Waals surface area (Å²) in [6, 6.07) is 1.87. The molecular weight excluding hydrogens is 372 g/mol. The molecule has 0 aliphatic heterocycles. The zero-order valence-corrected chi connectivity index (χ0v) is 17.9. The van der Waals surface area contributed by atoms with Gasteiger partial charge in [0, 0.05) is 29.4 Å². The van der Waals surface area contributed by atoms with Gasteiger partial charge in [0.1, 0.15) is 4.99 Å². The van der Waals surface area contributed by atoms with Crippen LogP contribution in [0.3, 0.4) is 0 Å². The molecule has 0 bridgehead atoms. The molecule has 1 N–H and O–H groups in total. The first-order valence-corrected chi connectivity index (χ1v) is 10.4. The van der Waals surface area contributed by atoms with Gasteiger partial charge < -0.3 is 5.32 Å². The van der Waals surface area contributed by atoms with Gasteiger partial charge in [-0.3, -0.25) is 0 Å². The van der Waals surface area contributed by atoms with Crippen LogP contribution in [0.2, 0.25) is 0 Å². The van der Waals surface area contributed by atoms with E-state index < -0.39 is 0 Å². The van der Waals surface area contributed by atoms with Crippen molar-refractivity contribution in [3.63, 3.8) is 0 Å². The van der Waals surface area contributed by atoms with Gasteiger partial charge >= 0.3 is 0 Å². The van der Waals surface area contributed by atoms with Gasteiger partial charge in [-0.2, -0.15) is 5.10 Å². The van der Waals surface area contributed by atoms with Crippen LogP contribution < -0.4 is 5.32 Å². The minimum atomic E-state index is 0.733. The van der Waals surface area contributed by atoms with Crippen LogP contribution >= 0.6 is 24.0 Å². The van der Waals surface area contributed by atoms with Crippen LogP contribution in [0.4, 0.5) is 0 Å². The molecule has 0 saturated carbocycles. The van der Waals surface area contributed by atoms with Crippen LogP contribution in [0.25, 0.3) is 5.65 Å². The lowest BCUT2D eigenvalue weighted by molar-refractivity contribution is 0.939. The largest absolute Gasteiger partial charge is 0.346 e. The summed E-state index contributed by atoms with van der Waals surface area (Å²) in [7, 11) is 0. The number of thioether (sulfide) groups is 1. The summed E-state index contributed by atoms with van der Waals surface area (Å²) in [6.45, 7) is 8.30. The standard InChI is InChI=1S/C21H26N4S2/c1-5-7-9-19(12-16(3)6-2)24-21(26)17(4)14-27-15-18-13-23-25-11-8-10-22-20(18)25/h5,7-14H,6,15H2,1-4H3,(H,24,26)/b7-5-,16-12+,17-14+,19-9+. The normalized spacial score (nSPS) is 13.6. The van der Waals surface area contributed by atoms with Gasteiger partial charge in [-0.25, -0.2) is 9.50 Å². The summed E-state index contributed by atoms with van der Waals surface area (Å²) in [5, 5.41) is 9.75. The Kier molecular flexibility index (Phi) is 8.48. The maximum Gasteiger partial charge on any atom is 0.158 e. The lowest BCUT2D eigenvalue weighted by atomic mass is 10.2. The van der Waals surface area contributed by atoms with Crippen LogP contribution in [-0.4, -0.2) is 19.6 Å². The molecule has 0 aromatic carbocycles. The Hall–Kier alpha value is -2.18. The zero-order valence-electron chi connectivity index (χ0n) is 16.3. The first-order valence-electron chi connectivity index (χ1n) is 8.92. The second-order valence-corrected chi connectivity index (χ2v) is 7.38. The molecule has 4 nitrogen and oxygen atoms in total. The van der Waals surface area contributed by atoms with Crippen molar-refractivity contribution in [2.45, 2.75) is 39.9 Å². The lowest BCUT2D eigenvalue weighted by Crippen LogP contribution is -2.20. The molecule has 0 unspecified atom stereocenters. The predicted octanol–water partition coefficient (Wildman–Crippen LogP) is 5.60. The number of nitrogens with one attached hydrogen (secondary N) is 1. The van der Waals surface area contributed by atoms with E-state index in [1.807, 2.05) is 50.5 Å². The topological polar surface area (TPSA) is 42.2 Å². The lowest BCUT2D eigenvalue weighted by Gasteiger charge is -2.10. The zero-order chi connectivity index (χ0) is 19.6. The minimum absolute atomic E-state index is 0.733. The molecular formula is C21H26N4S2. The average molecular weight is 399 g/mol. The Morgan fingerprint density at radius 2 is 2.19 bits per heavy atom. The summed E-state index contributed by atoms with van der Waals surface area (Å²) in [5.74, 6) is 0.802. The highest BCUT2D eigenvalue weighted by atomic mass is 32.2. The number of thiocarbonyl (C=S) groups is 1. The number of aromatic nitrogens is 3. The molecule has 6 heteroatoms. The maximum atomic E-state index is 5.57. The fourth-order valence-corrected chi connectivity index (χ4v) is 3.30. The van der Waals surface area contributed by atoms with Crippen molar-refractivity contribution in [3.8, 4) is 0 Å². The molecule has 0 spiro atoms. The average Bonchev–Trinajstić information content (AvgIpc) is 3.09. The first-order chi connectivity index (χ1) is 13.0. The highest BCUT2D eigenvalue weighted by molar-refractivity contribution is 8.01. The smallest absolute Gasteiger partial charge is 0.158 e. The molecule has 142 valence electrons. The van der Waals surface area contributed by atoms with E-state index in [4.69, 9.17) is 12.2 Å². The van der Waals surface area contributed by atoms with E-state index >= 15 is 0 Å². The molecule has 2 aromatic rings. The second kappa shape index (κ2) is 10.8. The van der Waals surface area contributed by atoms with Gasteiger partial charge in [0.15, 0.2) is 5.65 Å². The van der Waals surface area contributed by atoms with E-state index in [-0.39, 0.29) is 0 Å². The summed E-state index contributed by atoms with van der Waals surface area (Å²) in [5.41, 5.74) is 5.35. The number of allylic oxidation sites excluding steroid dienone is 5. The Bertz CT molecular complexity index is 904. The van der Waals surface area contributed by atoms with Gasteiger partial charge in [-0.15, -0.1) is 11.8 Å². The number of nitrogens with zero attached hydrogens (tertiary/aromatic N) is 3. The highest BCUT2D eigenvalue weighted by Crippen LogP contribution is 2.18. The van der Waals surface area contributed by atoms with Crippen LogP contribution in [0.15, 0.2) is 71.2 Å². The van der Waals surface area contributed by atoms with Crippen molar-refractivity contribution in [3.05, 3.63) is 76.8 Å². The molecule has 0 atom stereocenters. The van der Waals surface area contributed by atoms with E-state index in [2.05, 4.69) is 40.7 Å². The predicted molar refractivity (Wildman–Crippen MR) is 121 cm³/mol. The third-order valence-electron chi connectivity index (χ3n) is 3.90. The highest BCUT2D eigenvalue weighted by Gasteiger charge is 2.05. The Labute approximate surface area is 171 Å². The van der Waals surface area contributed by atoms with Crippen molar-refractivity contribution in [1.82, 2.24) is 19.9 Å². The molecule has 27 heavy (non-hydrogen) atoms. The molecule has 0 saturated heterocycles. The summed E-state index contributed by atoms with van der Waals surface area (Å²) < 4.78 is 1.79. The third-order valence-corrected chi connectivity index (χ3v) is 5.32. The van der Waals surface area contributed by atoms with Gasteiger partial charge in [0.05, 0.1) is 6.20 Å². The van der Waals surface area contributed by atoms with Gasteiger partial charge in [0.25, 0.3) is 0 Å². The van der Waals surface area contributed by atoms with Crippen LogP contribution in [0.1, 0.15) is 39.7 Å². The monoisotopic (exact) mass is 398 g/mol. The van der Waals surface area contributed by atoms with Crippen molar-refractivity contribution in [2.24, 2.45) is 0 Å². The summed E-state index contributed by atoms with van der Waals surface area (Å²) in [4.78, 5) is 5.12. The van der Waals surface area contributed by atoms with Gasteiger partial charge in [0.2, 0.25) is 0 Å². The van der Waals surface area contributed by atoms with Crippen LogP contribution in [-0.2, 0) is 5.75 Å². The van der Waals surface area contributed by atoms with E-state index in [0.717, 1.165) is 39.6 Å². The number of hydrogen-bond donors (Lipinski definition) is 1. The van der Waals surface area contributed by atoms with Crippen molar-refractivity contribution in [2.75, 3.05) is 0 Å². The third kappa shape index (κ3) is 6.48. The van der Waals surface area contributed by atoms with E-state index in [1.54, 1.807) is 22.5 Å². The molecule has 2 rings (SSSR count). The maximum absolute atomic E-state index is 5.57. The van der Waals surface area contributed by atoms with E-state index in [0.29, 0.717) is 0 Å². The SMILES string of the molecule is C\C=C/C=C(\C=C(/C)CC)NC(=S)/C(C)=C/SCc1cnn2cccnc12. The van der Waals surface area contributed by atoms with Crippen molar-refractivity contribution >= 4 is 34.6 Å². The van der Waals surface area contributed by atoms with E-state index in [1.165, 1.54) is 5.57 Å². The van der Waals surface area contributed by atoms with Crippen molar-refractivity contribution in [1.29, 1.82) is 0 Å². The fourth-order valence-electron chi connectivity index (χ4n) is 2.21. The van der Waals surface area contributed by atoms with Gasteiger partial charge in [-0.05, 0) is 56.4 Å².